The third-order valence-electron chi connectivity index (χ3n) is 6.70. The van der Waals surface area contributed by atoms with Crippen LogP contribution < -0.4 is 5.69 Å². The molecule has 0 amide bonds. The van der Waals surface area contributed by atoms with E-state index in [0.717, 1.165) is 27.2 Å². The summed E-state index contributed by atoms with van der Waals surface area (Å²) in [5, 5.41) is 0. The van der Waals surface area contributed by atoms with E-state index >= 15 is 0 Å². The van der Waals surface area contributed by atoms with Crippen molar-refractivity contribution < 1.29 is 0 Å². The molecule has 0 aromatic carbocycles. The Morgan fingerprint density at radius 2 is 0.972 bits per heavy atom. The third-order valence-corrected chi connectivity index (χ3v) is 8.25. The van der Waals surface area contributed by atoms with Gasteiger partial charge < -0.3 is 15.0 Å². The summed E-state index contributed by atoms with van der Waals surface area (Å²) < 4.78 is 0.905. The molecule has 0 fully saturated rings. The first-order valence-electron chi connectivity index (χ1n) is 13.9. The maximum Gasteiger partial charge on any atom is 0.323 e. The first-order chi connectivity index (χ1) is 16.7. The Balaban J connectivity index is 0.000000270. The summed E-state index contributed by atoms with van der Waals surface area (Å²) >= 11 is 6.83. The summed E-state index contributed by atoms with van der Waals surface area (Å²) in [5.41, 5.74) is 6.82. The average Bonchev–Trinajstić information content (AvgIpc) is 3.38. The summed E-state index contributed by atoms with van der Waals surface area (Å²) in [7, 11) is 0. The molecule has 2 aromatic rings. The lowest BCUT2D eigenvalue weighted by Gasteiger charge is -2.25. The molecule has 0 saturated carbocycles. The highest BCUT2D eigenvalue weighted by molar-refractivity contribution is 7.73. The van der Waals surface area contributed by atoms with Gasteiger partial charge in [0.1, 0.15) is 0 Å². The zero-order chi connectivity index (χ0) is 27.7. The standard InChI is InChI=1S/C12H22.C9H16N2O.C9H15NS2/c1-9(2)11-7-5-6-8-12(11)10(3)4;1-5(2)7-8(6(3)4)11-9(12)10-7;1-5(2)7-8(6(3)4)12-9(11)10-7/h9-10H,5-8H2,1-4H3;5-6H,1-4H3,(H2,10,11,12);5-6H,1-4H3,(H,10,11). The van der Waals surface area contributed by atoms with Crippen LogP contribution in [-0.4, -0.2) is 15.0 Å². The van der Waals surface area contributed by atoms with Gasteiger partial charge in [0.25, 0.3) is 0 Å². The Bertz CT molecular complexity index is 917. The van der Waals surface area contributed by atoms with Crippen molar-refractivity contribution in [2.45, 2.75) is 132 Å². The van der Waals surface area contributed by atoms with Gasteiger partial charge in [0.05, 0.1) is 0 Å². The van der Waals surface area contributed by atoms with E-state index in [1.807, 2.05) is 0 Å². The van der Waals surface area contributed by atoms with Crippen LogP contribution in [0.15, 0.2) is 15.9 Å². The second-order valence-corrected chi connectivity index (χ2v) is 13.6. The number of hydrogen-bond acceptors (Lipinski definition) is 3. The Labute approximate surface area is 229 Å². The second kappa shape index (κ2) is 15.1. The number of hydrogen-bond donors (Lipinski definition) is 3. The summed E-state index contributed by atoms with van der Waals surface area (Å²) in [6, 6.07) is 0. The molecule has 1 aliphatic rings. The molecule has 1 aliphatic carbocycles. The first kappa shape index (κ1) is 32.6. The molecule has 3 N–H and O–H groups in total. The highest BCUT2D eigenvalue weighted by Gasteiger charge is 2.17. The van der Waals surface area contributed by atoms with Gasteiger partial charge >= 0.3 is 5.69 Å². The molecule has 2 aromatic heterocycles. The largest absolute Gasteiger partial charge is 0.340 e. The molecule has 3 rings (SSSR count). The fraction of sp³-hybridized carbons (Fsp3) is 0.733. The molecule has 0 aliphatic heterocycles. The van der Waals surface area contributed by atoms with E-state index in [9.17, 15) is 4.79 Å². The number of nitrogens with one attached hydrogen (secondary N) is 3. The minimum atomic E-state index is -0.0950. The Morgan fingerprint density at radius 3 is 1.25 bits per heavy atom. The van der Waals surface area contributed by atoms with E-state index in [1.54, 1.807) is 22.5 Å². The van der Waals surface area contributed by atoms with E-state index in [0.29, 0.717) is 23.7 Å². The summed E-state index contributed by atoms with van der Waals surface area (Å²) in [6.07, 6.45) is 5.57. The van der Waals surface area contributed by atoms with Crippen LogP contribution >= 0.6 is 23.6 Å². The molecule has 0 saturated heterocycles. The van der Waals surface area contributed by atoms with Crippen molar-refractivity contribution in [3.05, 3.63) is 47.5 Å². The molecule has 0 unspecified atom stereocenters. The normalized spacial score (nSPS) is 14.2. The van der Waals surface area contributed by atoms with E-state index in [-0.39, 0.29) is 5.69 Å². The average molecular weight is 536 g/mol. The molecule has 0 spiro atoms. The van der Waals surface area contributed by atoms with Gasteiger partial charge in [-0.3, -0.25) is 0 Å². The lowest BCUT2D eigenvalue weighted by molar-refractivity contribution is 0.549. The highest BCUT2D eigenvalue weighted by atomic mass is 32.1. The number of rotatable bonds is 6. The fourth-order valence-electron chi connectivity index (χ4n) is 4.80. The number of thiazole rings is 1. The summed E-state index contributed by atoms with van der Waals surface area (Å²) in [6.45, 7) is 26.4. The van der Waals surface area contributed by atoms with Crippen LogP contribution in [-0.2, 0) is 0 Å². The Kier molecular flexibility index (Phi) is 13.7. The highest BCUT2D eigenvalue weighted by Crippen LogP contribution is 2.33. The van der Waals surface area contributed by atoms with Gasteiger partial charge in [0.2, 0.25) is 0 Å². The minimum absolute atomic E-state index is 0.0950. The van der Waals surface area contributed by atoms with Crippen LogP contribution in [0.3, 0.4) is 0 Å². The van der Waals surface area contributed by atoms with E-state index in [2.05, 4.69) is 98.0 Å². The second-order valence-electron chi connectivity index (χ2n) is 11.9. The molecular formula is C30H53N3OS2. The zero-order valence-corrected chi connectivity index (χ0v) is 26.7. The van der Waals surface area contributed by atoms with Crippen LogP contribution in [0.25, 0.3) is 0 Å². The first-order valence-corrected chi connectivity index (χ1v) is 15.2. The van der Waals surface area contributed by atoms with Crippen LogP contribution in [0.4, 0.5) is 0 Å². The predicted octanol–water partition coefficient (Wildman–Crippen LogP) is 10.2. The smallest absolute Gasteiger partial charge is 0.323 e. The molecule has 206 valence electrons. The van der Waals surface area contributed by atoms with Crippen LogP contribution in [0.2, 0.25) is 0 Å². The molecule has 6 heteroatoms. The predicted molar refractivity (Wildman–Crippen MR) is 162 cm³/mol. The van der Waals surface area contributed by atoms with Crippen LogP contribution in [0.5, 0.6) is 0 Å². The molecule has 0 bridgehead atoms. The van der Waals surface area contributed by atoms with Crippen molar-refractivity contribution in [1.29, 1.82) is 0 Å². The molecule has 0 atom stereocenters. The van der Waals surface area contributed by atoms with Crippen molar-refractivity contribution in [3.63, 3.8) is 0 Å². The van der Waals surface area contributed by atoms with Crippen molar-refractivity contribution in [2.24, 2.45) is 11.8 Å². The molecular weight excluding hydrogens is 482 g/mol. The number of H-pyrrole nitrogens is 3. The third kappa shape index (κ3) is 9.81. The van der Waals surface area contributed by atoms with Gasteiger partial charge in [0, 0.05) is 22.0 Å². The summed E-state index contributed by atoms with van der Waals surface area (Å²) in [4.78, 5) is 21.3. The molecule has 0 radical (unpaired) electrons. The number of allylic oxidation sites excluding steroid dienone is 2. The lowest BCUT2D eigenvalue weighted by atomic mass is 9.81. The van der Waals surface area contributed by atoms with Gasteiger partial charge in [-0.2, -0.15) is 0 Å². The van der Waals surface area contributed by atoms with Crippen molar-refractivity contribution in [1.82, 2.24) is 15.0 Å². The van der Waals surface area contributed by atoms with Gasteiger partial charge in [-0.25, -0.2) is 4.79 Å². The monoisotopic (exact) mass is 535 g/mol. The van der Waals surface area contributed by atoms with Crippen molar-refractivity contribution >= 4 is 23.6 Å². The van der Waals surface area contributed by atoms with Gasteiger partial charge in [-0.05, 0) is 73.4 Å². The minimum Gasteiger partial charge on any atom is -0.340 e. The van der Waals surface area contributed by atoms with Crippen molar-refractivity contribution in [2.75, 3.05) is 0 Å². The number of imidazole rings is 1. The maximum atomic E-state index is 11.0. The Morgan fingerprint density at radius 1 is 0.583 bits per heavy atom. The fourth-order valence-corrected chi connectivity index (χ4v) is 6.17. The number of aromatic amines is 3. The maximum absolute atomic E-state index is 11.0. The van der Waals surface area contributed by atoms with E-state index in [1.165, 1.54) is 36.3 Å². The van der Waals surface area contributed by atoms with E-state index in [4.69, 9.17) is 12.2 Å². The number of aromatic nitrogens is 3. The van der Waals surface area contributed by atoms with Crippen molar-refractivity contribution in [3.8, 4) is 0 Å². The topological polar surface area (TPSA) is 64.4 Å². The zero-order valence-electron chi connectivity index (χ0n) is 25.0. The van der Waals surface area contributed by atoms with Crippen LogP contribution in [0.1, 0.15) is 154 Å². The molecule has 4 nitrogen and oxygen atoms in total. The molecule has 2 heterocycles. The van der Waals surface area contributed by atoms with Crippen LogP contribution in [0, 0.1) is 15.8 Å². The summed E-state index contributed by atoms with van der Waals surface area (Å²) in [5.74, 6) is 3.45. The Hall–Kier alpha value is -1.40. The lowest BCUT2D eigenvalue weighted by Crippen LogP contribution is -2.09. The van der Waals surface area contributed by atoms with Gasteiger partial charge in [0.15, 0.2) is 3.95 Å². The quantitative estimate of drug-likeness (QED) is 0.254. The molecule has 36 heavy (non-hydrogen) atoms. The SMILES string of the molecule is CC(C)C1=C(C(C)C)CCCC1.CC(C)c1[nH]c(=O)[nH]c1C(C)C.CC(C)c1[nH]c(=S)sc1C(C)C. The van der Waals surface area contributed by atoms with Gasteiger partial charge in [-0.1, -0.05) is 94.2 Å². The van der Waals surface area contributed by atoms with Gasteiger partial charge in [-0.15, -0.1) is 11.3 Å². The van der Waals surface area contributed by atoms with E-state index < -0.39 is 0 Å².